The van der Waals surface area contributed by atoms with Crippen LogP contribution < -0.4 is 0 Å². The van der Waals surface area contributed by atoms with E-state index in [4.69, 9.17) is 37.0 Å². The number of carbonyl (C=O) groups is 4. The van der Waals surface area contributed by atoms with Crippen LogP contribution in [-0.4, -0.2) is 96.7 Å². The maximum Gasteiger partial charge on any atom is 0.472 e. The molecule has 2 unspecified atom stereocenters. The molecule has 0 aromatic rings. The smallest absolute Gasteiger partial charge is 0.462 e. The zero-order valence-corrected chi connectivity index (χ0v) is 77.0. The van der Waals surface area contributed by atoms with E-state index in [1.165, 1.54) is 347 Å². The Kier molecular flexibility index (Phi) is 85.9. The SMILES string of the molecule is CCCCCCCCCCCCCCCCCCCCCCCCC(=O)OC[C@H](COP(=O)(O)OC[C@@H](O)COP(=O)(O)OC[C@@H](COC(=O)CCCCCCCCCCCCC)OC(=O)CCCCCCCCCCCCCCCCCCC(C)C)OC(=O)CCCCCCCCCCCCCCCCCCCCCCCC. The van der Waals surface area contributed by atoms with E-state index in [0.717, 1.165) is 95.8 Å². The summed E-state index contributed by atoms with van der Waals surface area (Å²) in [6.07, 6.45) is 85.0. The van der Waals surface area contributed by atoms with Gasteiger partial charge in [0.05, 0.1) is 26.4 Å². The summed E-state index contributed by atoms with van der Waals surface area (Å²) in [6.45, 7) is 7.44. The predicted octanol–water partition coefficient (Wildman–Crippen LogP) is 29.9. The van der Waals surface area contributed by atoms with Gasteiger partial charge in [0.1, 0.15) is 19.3 Å². The lowest BCUT2D eigenvalue weighted by atomic mass is 10.0. The fourth-order valence-electron chi connectivity index (χ4n) is 15.1. The van der Waals surface area contributed by atoms with Crippen molar-refractivity contribution in [2.75, 3.05) is 39.6 Å². The second-order valence-electron chi connectivity index (χ2n) is 34.6. The third-order valence-electron chi connectivity index (χ3n) is 22.5. The molecule has 19 heteroatoms. The molecule has 0 bridgehead atoms. The molecule has 0 fully saturated rings. The summed E-state index contributed by atoms with van der Waals surface area (Å²) in [5.41, 5.74) is 0. The van der Waals surface area contributed by atoms with Gasteiger partial charge in [0.2, 0.25) is 0 Å². The average molecular weight is 1660 g/mol. The minimum Gasteiger partial charge on any atom is -0.462 e. The van der Waals surface area contributed by atoms with E-state index in [1.54, 1.807) is 0 Å². The van der Waals surface area contributed by atoms with Gasteiger partial charge in [0.25, 0.3) is 0 Å². The number of aliphatic hydroxyl groups excluding tert-OH is 1. The first kappa shape index (κ1) is 112. The highest BCUT2D eigenvalue weighted by molar-refractivity contribution is 7.47. The summed E-state index contributed by atoms with van der Waals surface area (Å²) >= 11 is 0. The van der Waals surface area contributed by atoms with Crippen LogP contribution in [0.5, 0.6) is 0 Å². The lowest BCUT2D eigenvalue weighted by molar-refractivity contribution is -0.161. The molecule has 0 spiro atoms. The minimum absolute atomic E-state index is 0.109. The van der Waals surface area contributed by atoms with Gasteiger partial charge in [-0.3, -0.25) is 37.3 Å². The van der Waals surface area contributed by atoms with Crippen molar-refractivity contribution in [2.24, 2.45) is 5.92 Å². The van der Waals surface area contributed by atoms with Crippen LogP contribution in [-0.2, 0) is 65.4 Å². The molecule has 17 nitrogen and oxygen atoms in total. The van der Waals surface area contributed by atoms with E-state index in [0.29, 0.717) is 25.7 Å². The van der Waals surface area contributed by atoms with E-state index < -0.39 is 97.5 Å². The fraction of sp³-hybridized carbons (Fsp3) is 0.958. The molecule has 5 atom stereocenters. The molecule has 678 valence electrons. The highest BCUT2D eigenvalue weighted by Crippen LogP contribution is 2.45. The lowest BCUT2D eigenvalue weighted by Crippen LogP contribution is -2.30. The van der Waals surface area contributed by atoms with Crippen molar-refractivity contribution in [1.82, 2.24) is 0 Å². The molecule has 0 amide bonds. The van der Waals surface area contributed by atoms with Gasteiger partial charge in [-0.15, -0.1) is 0 Å². The van der Waals surface area contributed by atoms with Gasteiger partial charge in [0.15, 0.2) is 12.2 Å². The second-order valence-corrected chi connectivity index (χ2v) is 37.5. The van der Waals surface area contributed by atoms with Crippen LogP contribution in [0.15, 0.2) is 0 Å². The van der Waals surface area contributed by atoms with Crippen LogP contribution >= 0.6 is 15.6 Å². The number of esters is 4. The van der Waals surface area contributed by atoms with E-state index in [1.807, 2.05) is 0 Å². The van der Waals surface area contributed by atoms with Crippen LogP contribution in [0.2, 0.25) is 0 Å². The molecule has 0 radical (unpaired) electrons. The quantitative estimate of drug-likeness (QED) is 0.0222. The summed E-state index contributed by atoms with van der Waals surface area (Å²) in [5, 5.41) is 10.7. The van der Waals surface area contributed by atoms with Crippen LogP contribution in [0.25, 0.3) is 0 Å². The predicted molar refractivity (Wildman–Crippen MR) is 474 cm³/mol. The molecule has 0 aromatic heterocycles. The Morgan fingerprint density at radius 3 is 0.596 bits per heavy atom. The summed E-state index contributed by atoms with van der Waals surface area (Å²) < 4.78 is 69.2. The number of carbonyl (C=O) groups excluding carboxylic acids is 4. The summed E-state index contributed by atoms with van der Waals surface area (Å²) in [7, 11) is -9.94. The van der Waals surface area contributed by atoms with Crippen molar-refractivity contribution in [3.8, 4) is 0 Å². The molecule has 0 aliphatic rings. The Balaban J connectivity index is 5.22. The zero-order valence-electron chi connectivity index (χ0n) is 75.2. The van der Waals surface area contributed by atoms with Crippen molar-refractivity contribution in [2.45, 2.75) is 541 Å². The van der Waals surface area contributed by atoms with Gasteiger partial charge in [-0.25, -0.2) is 9.13 Å². The largest absolute Gasteiger partial charge is 0.472 e. The van der Waals surface area contributed by atoms with E-state index in [9.17, 15) is 43.2 Å². The molecule has 0 aliphatic heterocycles. The Morgan fingerprint density at radius 2 is 0.404 bits per heavy atom. The average Bonchev–Trinajstić information content (AvgIpc) is 0.898. The van der Waals surface area contributed by atoms with Gasteiger partial charge in [0, 0.05) is 25.7 Å². The zero-order chi connectivity index (χ0) is 83.3. The molecular formula is C95H186O17P2. The van der Waals surface area contributed by atoms with Crippen molar-refractivity contribution in [1.29, 1.82) is 0 Å². The van der Waals surface area contributed by atoms with Crippen LogP contribution in [0.3, 0.4) is 0 Å². The normalized spacial score (nSPS) is 13.6. The Labute approximate surface area is 702 Å². The molecule has 0 heterocycles. The van der Waals surface area contributed by atoms with Gasteiger partial charge >= 0.3 is 39.5 Å². The van der Waals surface area contributed by atoms with Crippen LogP contribution in [0.4, 0.5) is 0 Å². The number of rotatable bonds is 95. The number of ether oxygens (including phenoxy) is 4. The van der Waals surface area contributed by atoms with Crippen molar-refractivity contribution in [3.63, 3.8) is 0 Å². The fourth-order valence-corrected chi connectivity index (χ4v) is 16.6. The van der Waals surface area contributed by atoms with Crippen LogP contribution in [0.1, 0.15) is 523 Å². The molecular weight excluding hydrogens is 1470 g/mol. The summed E-state index contributed by atoms with van der Waals surface area (Å²) in [5.74, 6) is -1.28. The van der Waals surface area contributed by atoms with Crippen molar-refractivity contribution in [3.05, 3.63) is 0 Å². The number of aliphatic hydroxyl groups is 1. The Hall–Kier alpha value is -1.94. The number of phosphoric acid groups is 2. The van der Waals surface area contributed by atoms with Gasteiger partial charge < -0.3 is 33.8 Å². The Bertz CT molecular complexity index is 2150. The molecule has 0 saturated heterocycles. The number of hydrogen-bond acceptors (Lipinski definition) is 15. The molecule has 0 aliphatic carbocycles. The van der Waals surface area contributed by atoms with Gasteiger partial charge in [-0.2, -0.15) is 0 Å². The first-order valence-corrected chi connectivity index (χ1v) is 52.1. The highest BCUT2D eigenvalue weighted by atomic mass is 31.2. The lowest BCUT2D eigenvalue weighted by Gasteiger charge is -2.21. The maximum atomic E-state index is 13.2. The van der Waals surface area contributed by atoms with E-state index in [2.05, 4.69) is 34.6 Å². The highest BCUT2D eigenvalue weighted by Gasteiger charge is 2.31. The van der Waals surface area contributed by atoms with E-state index in [-0.39, 0.29) is 25.7 Å². The minimum atomic E-state index is -4.97. The first-order chi connectivity index (χ1) is 55.5. The molecule has 0 saturated carbocycles. The number of phosphoric ester groups is 2. The van der Waals surface area contributed by atoms with Crippen LogP contribution in [0, 0.1) is 5.92 Å². The Morgan fingerprint density at radius 1 is 0.237 bits per heavy atom. The molecule has 0 rings (SSSR count). The van der Waals surface area contributed by atoms with Gasteiger partial charge in [-0.05, 0) is 31.6 Å². The third-order valence-corrected chi connectivity index (χ3v) is 24.4. The first-order valence-electron chi connectivity index (χ1n) is 49.1. The monoisotopic (exact) mass is 1660 g/mol. The van der Waals surface area contributed by atoms with E-state index >= 15 is 0 Å². The maximum absolute atomic E-state index is 13.2. The van der Waals surface area contributed by atoms with Crippen molar-refractivity contribution >= 4 is 39.5 Å². The molecule has 114 heavy (non-hydrogen) atoms. The van der Waals surface area contributed by atoms with Gasteiger partial charge in [-0.1, -0.05) is 471 Å². The second kappa shape index (κ2) is 87.4. The molecule has 3 N–H and O–H groups in total. The summed E-state index contributed by atoms with van der Waals surface area (Å²) in [4.78, 5) is 73.5. The standard InChI is InChI=1S/C95H186O17P2/c1-6-9-12-15-18-21-24-26-28-30-32-34-36-38-40-45-49-54-59-64-69-74-79-93(98)106-85-91(112-95(100)80-75-70-65-60-55-50-46-41-39-37-35-33-31-29-27-25-22-19-16-13-10-7-2)87-110-114(103,104)108-83-89(96)82-107-113(101,102)109-86-90(84-105-92(97)78-73-68-63-58-52-23-20-17-14-11-8-3)111-94(99)81-76-71-66-61-56-51-47-43-42-44-48-53-57-62-67-72-77-88(4)5/h88-91,96H,6-87H2,1-5H3,(H,101,102)(H,103,104)/t89-,90+,91+/m0/s1. The number of unbranched alkanes of at least 4 members (excludes halogenated alkanes) is 67. The summed E-state index contributed by atoms with van der Waals surface area (Å²) in [6, 6.07) is 0. The van der Waals surface area contributed by atoms with Crippen molar-refractivity contribution < 1.29 is 80.2 Å². The third kappa shape index (κ3) is 87.9. The topological polar surface area (TPSA) is 237 Å². The molecule has 0 aromatic carbocycles. The number of hydrogen-bond donors (Lipinski definition) is 3.